The summed E-state index contributed by atoms with van der Waals surface area (Å²) >= 11 is 0. The fraction of sp³-hybridized carbons (Fsp3) is 0.412. The first-order chi connectivity index (χ1) is 10.6. The van der Waals surface area contributed by atoms with Crippen molar-refractivity contribution in [1.29, 1.82) is 0 Å². The quantitative estimate of drug-likeness (QED) is 0.868. The monoisotopic (exact) mass is 319 g/mol. The molecule has 1 saturated heterocycles. The summed E-state index contributed by atoms with van der Waals surface area (Å²) in [5.74, 6) is 0.144. The molecule has 0 radical (unpaired) electrons. The topological polar surface area (TPSA) is 46.6 Å². The van der Waals surface area contributed by atoms with Crippen LogP contribution in [0.3, 0.4) is 0 Å². The number of sulfone groups is 1. The van der Waals surface area contributed by atoms with Gasteiger partial charge in [-0.1, -0.05) is 30.3 Å². The minimum absolute atomic E-state index is 0.000343. The second-order valence-corrected chi connectivity index (χ2v) is 7.82. The lowest BCUT2D eigenvalue weighted by Gasteiger charge is -2.32. The molecule has 0 aliphatic carbocycles. The van der Waals surface area contributed by atoms with Gasteiger partial charge in [-0.15, -0.1) is 0 Å². The molecule has 0 spiro atoms. The fourth-order valence-electron chi connectivity index (χ4n) is 2.90. The van der Waals surface area contributed by atoms with E-state index < -0.39 is 9.84 Å². The van der Waals surface area contributed by atoms with Gasteiger partial charge in [-0.3, -0.25) is 4.90 Å². The van der Waals surface area contributed by atoms with Gasteiger partial charge in [0.05, 0.1) is 23.9 Å². The average molecular weight is 319 g/mol. The molecule has 1 heterocycles. The largest absolute Gasteiger partial charge is 0.379 e. The van der Waals surface area contributed by atoms with Crippen molar-refractivity contribution in [3.63, 3.8) is 0 Å². The highest BCUT2D eigenvalue weighted by Gasteiger charge is 2.24. The number of morpholine rings is 1. The molecule has 1 aliphatic rings. The third-order valence-corrected chi connectivity index (χ3v) is 6.10. The first-order valence-electron chi connectivity index (χ1n) is 7.60. The molecular weight excluding hydrogens is 298 g/mol. The zero-order valence-corrected chi connectivity index (χ0v) is 13.6. The standard InChI is InChI=1S/C17H21NO3S/c1-14(18-8-10-21-11-9-18)13-22(19,20)17-7-6-15-4-2-3-5-16(15)12-17/h2-7,12,14H,8-11,13H2,1H3/t14-/m1/s1. The molecule has 0 saturated carbocycles. The first-order valence-corrected chi connectivity index (χ1v) is 9.25. The van der Waals surface area contributed by atoms with Crippen molar-refractivity contribution in [3.05, 3.63) is 42.5 Å². The lowest BCUT2D eigenvalue weighted by Crippen LogP contribution is -2.45. The van der Waals surface area contributed by atoms with Crippen LogP contribution in [0.25, 0.3) is 10.8 Å². The van der Waals surface area contributed by atoms with E-state index in [1.807, 2.05) is 37.3 Å². The Morgan fingerprint density at radius 2 is 1.77 bits per heavy atom. The highest BCUT2D eigenvalue weighted by Crippen LogP contribution is 2.21. The maximum absolute atomic E-state index is 12.7. The van der Waals surface area contributed by atoms with Crippen molar-refractivity contribution < 1.29 is 13.2 Å². The predicted octanol–water partition coefficient (Wildman–Crippen LogP) is 2.33. The van der Waals surface area contributed by atoms with Crippen LogP contribution < -0.4 is 0 Å². The van der Waals surface area contributed by atoms with Crippen molar-refractivity contribution in [2.24, 2.45) is 0 Å². The lowest BCUT2D eigenvalue weighted by molar-refractivity contribution is 0.0243. The van der Waals surface area contributed by atoms with Gasteiger partial charge in [0.2, 0.25) is 0 Å². The maximum Gasteiger partial charge on any atom is 0.179 e. The van der Waals surface area contributed by atoms with Crippen molar-refractivity contribution in [3.8, 4) is 0 Å². The van der Waals surface area contributed by atoms with Crippen LogP contribution in [-0.2, 0) is 14.6 Å². The van der Waals surface area contributed by atoms with Crippen LogP contribution >= 0.6 is 0 Å². The molecule has 1 atom stereocenters. The van der Waals surface area contributed by atoms with Crippen molar-refractivity contribution >= 4 is 20.6 Å². The Balaban J connectivity index is 1.81. The van der Waals surface area contributed by atoms with Gasteiger partial charge in [-0.2, -0.15) is 0 Å². The van der Waals surface area contributed by atoms with E-state index in [0.29, 0.717) is 18.1 Å². The van der Waals surface area contributed by atoms with E-state index in [1.165, 1.54) is 0 Å². The molecule has 0 N–H and O–H groups in total. The number of hydrogen-bond acceptors (Lipinski definition) is 4. The summed E-state index contributed by atoms with van der Waals surface area (Å²) in [5.41, 5.74) is 0. The van der Waals surface area contributed by atoms with Crippen LogP contribution in [-0.4, -0.2) is 51.4 Å². The molecule has 0 unspecified atom stereocenters. The Morgan fingerprint density at radius 3 is 2.50 bits per heavy atom. The lowest BCUT2D eigenvalue weighted by atomic mass is 10.1. The Morgan fingerprint density at radius 1 is 1.09 bits per heavy atom. The van der Waals surface area contributed by atoms with Crippen LogP contribution in [0.5, 0.6) is 0 Å². The Kier molecular flexibility index (Phi) is 4.47. The summed E-state index contributed by atoms with van der Waals surface area (Å²) in [7, 11) is -3.28. The van der Waals surface area contributed by atoms with E-state index in [0.717, 1.165) is 23.9 Å². The Bertz CT molecular complexity index is 751. The zero-order chi connectivity index (χ0) is 15.6. The van der Waals surface area contributed by atoms with Gasteiger partial charge in [0, 0.05) is 19.1 Å². The van der Waals surface area contributed by atoms with E-state index in [1.54, 1.807) is 12.1 Å². The molecule has 118 valence electrons. The number of nitrogens with zero attached hydrogens (tertiary/aromatic N) is 1. The van der Waals surface area contributed by atoms with E-state index in [9.17, 15) is 8.42 Å². The zero-order valence-electron chi connectivity index (χ0n) is 12.7. The maximum atomic E-state index is 12.7. The van der Waals surface area contributed by atoms with Crippen molar-refractivity contribution in [2.75, 3.05) is 32.1 Å². The van der Waals surface area contributed by atoms with Gasteiger partial charge in [-0.25, -0.2) is 8.42 Å². The second-order valence-electron chi connectivity index (χ2n) is 5.79. The third-order valence-electron chi connectivity index (χ3n) is 4.21. The Labute approximate surface area is 131 Å². The van der Waals surface area contributed by atoms with Crippen molar-refractivity contribution in [2.45, 2.75) is 17.9 Å². The van der Waals surface area contributed by atoms with Crippen LogP contribution in [0.15, 0.2) is 47.4 Å². The molecule has 0 bridgehead atoms. The summed E-state index contributed by atoms with van der Waals surface area (Å²) in [4.78, 5) is 2.59. The molecule has 4 nitrogen and oxygen atoms in total. The smallest absolute Gasteiger partial charge is 0.179 e. The van der Waals surface area contributed by atoms with Crippen molar-refractivity contribution in [1.82, 2.24) is 4.90 Å². The normalized spacial score (nSPS) is 18.4. The second kappa shape index (κ2) is 6.36. The van der Waals surface area contributed by atoms with E-state index in [4.69, 9.17) is 4.74 Å². The van der Waals surface area contributed by atoms with Crippen LogP contribution in [0.4, 0.5) is 0 Å². The number of hydrogen-bond donors (Lipinski definition) is 0. The molecule has 2 aromatic rings. The summed E-state index contributed by atoms with van der Waals surface area (Å²) in [5, 5.41) is 2.02. The van der Waals surface area contributed by atoms with Gasteiger partial charge in [0.25, 0.3) is 0 Å². The van der Waals surface area contributed by atoms with Gasteiger partial charge < -0.3 is 4.74 Å². The van der Waals surface area contributed by atoms with Crippen LogP contribution in [0.1, 0.15) is 6.92 Å². The Hall–Kier alpha value is -1.43. The van der Waals surface area contributed by atoms with E-state index in [-0.39, 0.29) is 11.8 Å². The molecule has 1 aliphatic heterocycles. The molecule has 0 aromatic heterocycles. The number of fused-ring (bicyclic) bond motifs is 1. The highest BCUT2D eigenvalue weighted by molar-refractivity contribution is 7.91. The fourth-order valence-corrected chi connectivity index (χ4v) is 4.52. The number of benzene rings is 2. The summed E-state index contributed by atoms with van der Waals surface area (Å²) < 4.78 is 30.7. The number of ether oxygens (including phenoxy) is 1. The molecule has 1 fully saturated rings. The van der Waals surface area contributed by atoms with Gasteiger partial charge in [0.1, 0.15) is 0 Å². The summed E-state index contributed by atoms with van der Waals surface area (Å²) in [6, 6.07) is 13.2. The molecule has 2 aromatic carbocycles. The summed E-state index contributed by atoms with van der Waals surface area (Å²) in [6.07, 6.45) is 0. The summed E-state index contributed by atoms with van der Waals surface area (Å²) in [6.45, 7) is 4.94. The third kappa shape index (κ3) is 3.32. The minimum atomic E-state index is -3.28. The van der Waals surface area contributed by atoms with Gasteiger partial charge in [-0.05, 0) is 29.8 Å². The van der Waals surface area contributed by atoms with E-state index >= 15 is 0 Å². The predicted molar refractivity (Wildman–Crippen MR) is 87.9 cm³/mol. The van der Waals surface area contributed by atoms with Gasteiger partial charge in [0.15, 0.2) is 9.84 Å². The molecule has 3 rings (SSSR count). The van der Waals surface area contributed by atoms with E-state index in [2.05, 4.69) is 4.90 Å². The molecule has 0 amide bonds. The SMILES string of the molecule is C[C@H](CS(=O)(=O)c1ccc2ccccc2c1)N1CCOCC1. The molecule has 5 heteroatoms. The van der Waals surface area contributed by atoms with Gasteiger partial charge >= 0.3 is 0 Å². The van der Waals surface area contributed by atoms with Crippen LogP contribution in [0.2, 0.25) is 0 Å². The number of rotatable bonds is 4. The average Bonchev–Trinajstić information content (AvgIpc) is 2.55. The molecular formula is C17H21NO3S. The molecule has 22 heavy (non-hydrogen) atoms. The highest BCUT2D eigenvalue weighted by atomic mass is 32.2. The van der Waals surface area contributed by atoms with Crippen LogP contribution in [0, 0.1) is 0 Å². The first kappa shape index (κ1) is 15.5. The minimum Gasteiger partial charge on any atom is -0.379 e.